The van der Waals surface area contributed by atoms with E-state index in [9.17, 15) is 9.59 Å². The largest absolute Gasteiger partial charge is 0.466 e. The number of benzene rings is 1. The van der Waals surface area contributed by atoms with E-state index in [0.717, 1.165) is 0 Å². The summed E-state index contributed by atoms with van der Waals surface area (Å²) in [5, 5.41) is 3.78. The first-order valence-corrected chi connectivity index (χ1v) is 8.32. The maximum absolute atomic E-state index is 12.8. The Balaban J connectivity index is 2.38. The standard InChI is InChI=1S/C18H16Cl2N2O3/c1-9-13(18(24)25-3)14(10-5-4-6-11(19)16(10)20)15-12(21-9)7-8-22(2)17(15)23/h4-8,14,21H,1-3H3. The SMILES string of the molecule is COC(=O)C1=C(C)Nc2ccn(C)c(=O)c2C1c1cccc(Cl)c1Cl. The number of rotatable bonds is 2. The normalized spacial score (nSPS) is 16.3. The summed E-state index contributed by atoms with van der Waals surface area (Å²) in [4.78, 5) is 25.3. The molecule has 0 bridgehead atoms. The molecule has 0 saturated heterocycles. The van der Waals surface area contributed by atoms with Gasteiger partial charge in [0.15, 0.2) is 0 Å². The molecule has 7 heteroatoms. The van der Waals surface area contributed by atoms with Crippen molar-refractivity contribution in [2.45, 2.75) is 12.8 Å². The number of allylic oxidation sites excluding steroid dienone is 1. The van der Waals surface area contributed by atoms with E-state index in [1.165, 1.54) is 11.7 Å². The molecule has 0 aliphatic carbocycles. The molecule has 1 N–H and O–H groups in total. The molecule has 0 fully saturated rings. The average Bonchev–Trinajstić information content (AvgIpc) is 2.59. The highest BCUT2D eigenvalue weighted by Gasteiger charge is 2.36. The topological polar surface area (TPSA) is 60.3 Å². The van der Waals surface area contributed by atoms with Crippen LogP contribution in [0, 0.1) is 0 Å². The van der Waals surface area contributed by atoms with Gasteiger partial charge in [-0.1, -0.05) is 35.3 Å². The summed E-state index contributed by atoms with van der Waals surface area (Å²) in [6.07, 6.45) is 1.67. The van der Waals surface area contributed by atoms with E-state index in [1.54, 1.807) is 44.4 Å². The lowest BCUT2D eigenvalue weighted by molar-refractivity contribution is -0.136. The Morgan fingerprint density at radius 1 is 1.28 bits per heavy atom. The zero-order chi connectivity index (χ0) is 18.3. The summed E-state index contributed by atoms with van der Waals surface area (Å²) in [5.41, 5.74) is 2.37. The third-order valence-corrected chi connectivity index (χ3v) is 5.14. The van der Waals surface area contributed by atoms with Crippen LogP contribution in [0.15, 0.2) is 46.5 Å². The van der Waals surface area contributed by atoms with Crippen molar-refractivity contribution in [1.82, 2.24) is 4.57 Å². The number of aryl methyl sites for hydroxylation is 1. The fourth-order valence-electron chi connectivity index (χ4n) is 3.10. The minimum atomic E-state index is -0.671. The van der Waals surface area contributed by atoms with Crippen LogP contribution >= 0.6 is 23.2 Å². The lowest BCUT2D eigenvalue weighted by atomic mass is 9.81. The highest BCUT2D eigenvalue weighted by molar-refractivity contribution is 6.42. The zero-order valence-corrected chi connectivity index (χ0v) is 15.4. The second-order valence-corrected chi connectivity index (χ2v) is 6.58. The van der Waals surface area contributed by atoms with Gasteiger partial charge in [-0.3, -0.25) is 4.79 Å². The van der Waals surface area contributed by atoms with Crippen molar-refractivity contribution in [2.75, 3.05) is 12.4 Å². The predicted molar refractivity (Wildman–Crippen MR) is 98.3 cm³/mol. The zero-order valence-electron chi connectivity index (χ0n) is 13.9. The summed E-state index contributed by atoms with van der Waals surface area (Å²) in [7, 11) is 2.96. The van der Waals surface area contributed by atoms with Crippen LogP contribution in [0.4, 0.5) is 5.69 Å². The lowest BCUT2D eigenvalue weighted by Crippen LogP contribution is -2.32. The number of pyridine rings is 1. The van der Waals surface area contributed by atoms with Gasteiger partial charge in [-0.05, 0) is 24.6 Å². The molecule has 25 heavy (non-hydrogen) atoms. The van der Waals surface area contributed by atoms with E-state index in [1.807, 2.05) is 0 Å². The van der Waals surface area contributed by atoms with Gasteiger partial charge >= 0.3 is 5.97 Å². The predicted octanol–water partition coefficient (Wildman–Crippen LogP) is 3.70. The van der Waals surface area contributed by atoms with Crippen molar-refractivity contribution in [3.05, 3.63) is 73.3 Å². The number of halogens is 2. The number of carbonyl (C=O) groups is 1. The summed E-state index contributed by atoms with van der Waals surface area (Å²) < 4.78 is 6.41. The molecular weight excluding hydrogens is 363 g/mol. The number of nitrogens with zero attached hydrogens (tertiary/aromatic N) is 1. The first-order valence-electron chi connectivity index (χ1n) is 7.56. The number of fused-ring (bicyclic) bond motifs is 1. The van der Waals surface area contributed by atoms with Crippen LogP contribution < -0.4 is 10.9 Å². The fourth-order valence-corrected chi connectivity index (χ4v) is 3.52. The second-order valence-electron chi connectivity index (χ2n) is 5.79. The van der Waals surface area contributed by atoms with Crippen molar-refractivity contribution < 1.29 is 9.53 Å². The number of anilines is 1. The van der Waals surface area contributed by atoms with Crippen LogP contribution in [0.1, 0.15) is 24.0 Å². The van der Waals surface area contributed by atoms with Gasteiger partial charge in [0, 0.05) is 24.6 Å². The monoisotopic (exact) mass is 378 g/mol. The smallest absolute Gasteiger partial charge is 0.336 e. The van der Waals surface area contributed by atoms with Crippen LogP contribution in [0.2, 0.25) is 10.0 Å². The van der Waals surface area contributed by atoms with Gasteiger partial charge in [0.2, 0.25) is 0 Å². The average molecular weight is 379 g/mol. The Kier molecular flexibility index (Phi) is 4.62. The Morgan fingerprint density at radius 2 is 2.00 bits per heavy atom. The van der Waals surface area contributed by atoms with Crippen LogP contribution in [0.25, 0.3) is 0 Å². The summed E-state index contributed by atoms with van der Waals surface area (Å²) in [6.45, 7) is 1.76. The molecule has 1 aliphatic rings. The molecule has 1 atom stereocenters. The Morgan fingerprint density at radius 3 is 2.68 bits per heavy atom. The molecule has 5 nitrogen and oxygen atoms in total. The van der Waals surface area contributed by atoms with E-state index < -0.39 is 11.9 Å². The number of esters is 1. The molecule has 130 valence electrons. The highest BCUT2D eigenvalue weighted by Crippen LogP contribution is 2.44. The molecule has 0 radical (unpaired) electrons. The number of hydrogen-bond acceptors (Lipinski definition) is 4. The van der Waals surface area contributed by atoms with Crippen LogP contribution in [0.5, 0.6) is 0 Å². The van der Waals surface area contributed by atoms with Gasteiger partial charge in [0.05, 0.1) is 34.2 Å². The Bertz CT molecular complexity index is 963. The summed E-state index contributed by atoms with van der Waals surface area (Å²) in [6, 6.07) is 6.95. The van der Waals surface area contributed by atoms with E-state index in [2.05, 4.69) is 5.32 Å². The van der Waals surface area contributed by atoms with E-state index >= 15 is 0 Å². The third-order valence-electron chi connectivity index (χ3n) is 4.31. The number of aromatic nitrogens is 1. The molecule has 0 spiro atoms. The maximum Gasteiger partial charge on any atom is 0.336 e. The van der Waals surface area contributed by atoms with Gasteiger partial charge in [-0.15, -0.1) is 0 Å². The van der Waals surface area contributed by atoms with Crippen molar-refractivity contribution >= 4 is 34.9 Å². The second kappa shape index (κ2) is 6.58. The molecule has 2 heterocycles. The number of nitrogens with one attached hydrogen (secondary N) is 1. The maximum atomic E-state index is 12.8. The van der Waals surface area contributed by atoms with Crippen molar-refractivity contribution in [2.24, 2.45) is 7.05 Å². The number of methoxy groups -OCH3 is 1. The number of carbonyl (C=O) groups excluding carboxylic acids is 1. The van der Waals surface area contributed by atoms with Crippen LogP contribution in [0.3, 0.4) is 0 Å². The molecule has 1 aliphatic heterocycles. The van der Waals surface area contributed by atoms with Gasteiger partial charge in [-0.25, -0.2) is 4.79 Å². The molecule has 1 unspecified atom stereocenters. The van der Waals surface area contributed by atoms with Crippen LogP contribution in [-0.2, 0) is 16.6 Å². The van der Waals surface area contributed by atoms with E-state index in [0.29, 0.717) is 38.1 Å². The number of hydrogen-bond donors (Lipinski definition) is 1. The Labute approximate surface area is 154 Å². The van der Waals surface area contributed by atoms with E-state index in [4.69, 9.17) is 27.9 Å². The summed E-state index contributed by atoms with van der Waals surface area (Å²) >= 11 is 12.6. The first-order chi connectivity index (χ1) is 11.9. The van der Waals surface area contributed by atoms with Crippen molar-refractivity contribution in [3.63, 3.8) is 0 Å². The van der Waals surface area contributed by atoms with Gasteiger partial charge in [-0.2, -0.15) is 0 Å². The third kappa shape index (κ3) is 2.83. The van der Waals surface area contributed by atoms with Crippen molar-refractivity contribution in [3.8, 4) is 0 Å². The van der Waals surface area contributed by atoms with Crippen molar-refractivity contribution in [1.29, 1.82) is 0 Å². The molecule has 2 aromatic rings. The highest BCUT2D eigenvalue weighted by atomic mass is 35.5. The molecule has 0 amide bonds. The molecule has 3 rings (SSSR count). The quantitative estimate of drug-likeness (QED) is 0.809. The van der Waals surface area contributed by atoms with Crippen LogP contribution in [-0.4, -0.2) is 17.6 Å². The van der Waals surface area contributed by atoms with Gasteiger partial charge in [0.25, 0.3) is 5.56 Å². The molecule has 0 saturated carbocycles. The fraction of sp³-hybridized carbons (Fsp3) is 0.222. The minimum absolute atomic E-state index is 0.222. The van der Waals surface area contributed by atoms with Gasteiger partial charge in [0.1, 0.15) is 0 Å². The molecular formula is C18H16Cl2N2O3. The molecule has 1 aromatic carbocycles. The summed E-state index contributed by atoms with van der Waals surface area (Å²) in [5.74, 6) is -1.20. The first kappa shape index (κ1) is 17.6. The molecule has 1 aromatic heterocycles. The Hall–Kier alpha value is -2.24. The minimum Gasteiger partial charge on any atom is -0.466 e. The lowest BCUT2D eigenvalue weighted by Gasteiger charge is -2.30. The van der Waals surface area contributed by atoms with E-state index in [-0.39, 0.29) is 5.56 Å². The number of ether oxygens (including phenoxy) is 1. The van der Waals surface area contributed by atoms with Gasteiger partial charge < -0.3 is 14.6 Å².